The average Bonchev–Trinajstić information content (AvgIpc) is 3.16. The lowest BCUT2D eigenvalue weighted by Gasteiger charge is -2.61. The van der Waals surface area contributed by atoms with Crippen molar-refractivity contribution in [2.75, 3.05) is 6.61 Å². The molecule has 0 aromatic rings. The molecule has 12 atom stereocenters. The highest BCUT2D eigenvalue weighted by Gasteiger charge is 2.69. The maximum atomic E-state index is 10.3. The zero-order valence-corrected chi connectivity index (χ0v) is 19.7. The second-order valence-electron chi connectivity index (χ2n) is 13.1. The van der Waals surface area contributed by atoms with Crippen LogP contribution in [0.1, 0.15) is 91.9 Å². The molecule has 1 spiro atoms. The number of rotatable bonds is 0. The van der Waals surface area contributed by atoms with Crippen LogP contribution in [0.4, 0.5) is 0 Å². The second kappa shape index (κ2) is 6.70. The SMILES string of the molecule is C[C@H]1CC[C@@]2(OC1)OC1C[C@H]3[C@@H]4CCC5C[C@@H](O)CC[C@]5(C)[C@H]4CC[C@]3(C)[C@H]1[C@@H]2C. The molecule has 0 radical (unpaired) electrons. The Labute approximate surface area is 183 Å². The predicted molar refractivity (Wildman–Crippen MR) is 118 cm³/mol. The highest BCUT2D eigenvalue weighted by molar-refractivity contribution is 5.15. The predicted octanol–water partition coefficient (Wildman–Crippen LogP) is 5.79. The van der Waals surface area contributed by atoms with Crippen LogP contribution in [0, 0.1) is 52.3 Å². The molecular weight excluding hydrogens is 372 g/mol. The third-order valence-electron chi connectivity index (χ3n) is 11.9. The van der Waals surface area contributed by atoms with Crippen LogP contribution in [0.2, 0.25) is 0 Å². The zero-order chi connectivity index (χ0) is 20.9. The van der Waals surface area contributed by atoms with Crippen LogP contribution < -0.4 is 0 Å². The molecule has 3 heteroatoms. The van der Waals surface area contributed by atoms with E-state index in [9.17, 15) is 5.11 Å². The van der Waals surface area contributed by atoms with Crippen LogP contribution in [0.5, 0.6) is 0 Å². The Hall–Kier alpha value is -0.120. The molecule has 2 aliphatic heterocycles. The molecule has 2 unspecified atom stereocenters. The summed E-state index contributed by atoms with van der Waals surface area (Å²) < 4.78 is 13.4. The number of fused-ring (bicyclic) bond motifs is 7. The quantitative estimate of drug-likeness (QED) is 0.543. The van der Waals surface area contributed by atoms with E-state index in [0.717, 1.165) is 49.5 Å². The van der Waals surface area contributed by atoms with Crippen LogP contribution >= 0.6 is 0 Å². The standard InChI is InChI=1S/C27H44O3/c1-16-7-12-27(29-15-16)17(2)24-23(30-27)14-22-20-6-5-18-13-19(28)8-10-25(18,3)21(20)9-11-26(22,24)4/h16-24,28H,5-15H2,1-4H3/t16-,17-,18?,19-,20+,21-,22-,23?,24-,25-,26-,27+/m0/s1. The Kier molecular flexibility index (Phi) is 4.58. The molecular formula is C27H44O3. The molecule has 2 heterocycles. The van der Waals surface area contributed by atoms with Gasteiger partial charge in [-0.25, -0.2) is 0 Å². The van der Waals surface area contributed by atoms with Crippen molar-refractivity contribution in [1.29, 1.82) is 0 Å². The van der Waals surface area contributed by atoms with E-state index in [1.807, 2.05) is 0 Å². The van der Waals surface area contributed by atoms with Crippen molar-refractivity contribution in [3.63, 3.8) is 0 Å². The smallest absolute Gasteiger partial charge is 0.171 e. The van der Waals surface area contributed by atoms with Gasteiger partial charge in [-0.3, -0.25) is 0 Å². The van der Waals surface area contributed by atoms with Crippen molar-refractivity contribution in [1.82, 2.24) is 0 Å². The van der Waals surface area contributed by atoms with Crippen LogP contribution in [0.15, 0.2) is 0 Å². The number of aliphatic hydroxyl groups excluding tert-OH is 1. The van der Waals surface area contributed by atoms with Crippen LogP contribution in [-0.2, 0) is 9.47 Å². The summed E-state index contributed by atoms with van der Waals surface area (Å²) in [5.74, 6) is 4.93. The fraction of sp³-hybridized carbons (Fsp3) is 1.00. The van der Waals surface area contributed by atoms with Gasteiger partial charge in [0.1, 0.15) is 0 Å². The molecule has 3 nitrogen and oxygen atoms in total. The maximum Gasteiger partial charge on any atom is 0.171 e. The molecule has 6 aliphatic rings. The molecule has 6 rings (SSSR count). The van der Waals surface area contributed by atoms with Crippen molar-refractivity contribution in [2.24, 2.45) is 52.3 Å². The minimum absolute atomic E-state index is 0.0389. The first kappa shape index (κ1) is 20.5. The number of ether oxygens (including phenoxy) is 2. The fourth-order valence-electron chi connectivity index (χ4n) is 10.3. The molecule has 6 fully saturated rings. The van der Waals surface area contributed by atoms with Gasteiger partial charge < -0.3 is 14.6 Å². The lowest BCUT2D eigenvalue weighted by atomic mass is 9.44. The van der Waals surface area contributed by atoms with E-state index in [1.54, 1.807) is 0 Å². The first-order chi connectivity index (χ1) is 14.3. The second-order valence-corrected chi connectivity index (χ2v) is 13.1. The molecule has 4 aliphatic carbocycles. The van der Waals surface area contributed by atoms with Crippen LogP contribution in [-0.4, -0.2) is 29.7 Å². The Morgan fingerprint density at radius 1 is 0.833 bits per heavy atom. The molecule has 30 heavy (non-hydrogen) atoms. The highest BCUT2D eigenvalue weighted by atomic mass is 16.7. The maximum absolute atomic E-state index is 10.3. The van der Waals surface area contributed by atoms with Crippen molar-refractivity contribution >= 4 is 0 Å². The third-order valence-corrected chi connectivity index (χ3v) is 11.9. The molecule has 0 aromatic carbocycles. The Morgan fingerprint density at radius 3 is 2.40 bits per heavy atom. The van der Waals surface area contributed by atoms with Crippen molar-refractivity contribution in [3.8, 4) is 0 Å². The third kappa shape index (κ3) is 2.61. The van der Waals surface area contributed by atoms with Gasteiger partial charge in [0.25, 0.3) is 0 Å². The van der Waals surface area contributed by atoms with Crippen LogP contribution in [0.25, 0.3) is 0 Å². The van der Waals surface area contributed by atoms with Gasteiger partial charge in [-0.2, -0.15) is 0 Å². The van der Waals surface area contributed by atoms with Gasteiger partial charge in [0, 0.05) is 12.3 Å². The van der Waals surface area contributed by atoms with Gasteiger partial charge >= 0.3 is 0 Å². The Balaban J connectivity index is 1.26. The van der Waals surface area contributed by atoms with E-state index in [0.29, 0.717) is 34.7 Å². The monoisotopic (exact) mass is 416 g/mol. The van der Waals surface area contributed by atoms with Gasteiger partial charge in [-0.1, -0.05) is 27.7 Å². The summed E-state index contributed by atoms with van der Waals surface area (Å²) in [6.45, 7) is 10.9. The van der Waals surface area contributed by atoms with Crippen molar-refractivity contribution in [3.05, 3.63) is 0 Å². The van der Waals surface area contributed by atoms with E-state index < -0.39 is 0 Å². The average molecular weight is 417 g/mol. The molecule has 0 bridgehead atoms. The zero-order valence-electron chi connectivity index (χ0n) is 19.7. The largest absolute Gasteiger partial charge is 0.393 e. The van der Waals surface area contributed by atoms with Gasteiger partial charge in [0.15, 0.2) is 5.79 Å². The summed E-state index contributed by atoms with van der Waals surface area (Å²) in [6, 6.07) is 0. The summed E-state index contributed by atoms with van der Waals surface area (Å²) in [5.41, 5.74) is 0.899. The number of hydrogen-bond acceptors (Lipinski definition) is 3. The van der Waals surface area contributed by atoms with Crippen molar-refractivity contribution in [2.45, 2.75) is 110 Å². The van der Waals surface area contributed by atoms with Gasteiger partial charge in [-0.05, 0) is 104 Å². The van der Waals surface area contributed by atoms with Gasteiger partial charge in [0.2, 0.25) is 0 Å². The molecule has 170 valence electrons. The lowest BCUT2D eigenvalue weighted by molar-refractivity contribution is -0.273. The summed E-state index contributed by atoms with van der Waals surface area (Å²) >= 11 is 0. The first-order valence-corrected chi connectivity index (χ1v) is 13.3. The topological polar surface area (TPSA) is 38.7 Å². The first-order valence-electron chi connectivity index (χ1n) is 13.3. The lowest BCUT2D eigenvalue weighted by Crippen LogP contribution is -2.55. The number of aliphatic hydroxyl groups is 1. The Morgan fingerprint density at radius 2 is 1.63 bits per heavy atom. The summed E-state index contributed by atoms with van der Waals surface area (Å²) in [7, 11) is 0. The van der Waals surface area contributed by atoms with Gasteiger partial charge in [-0.15, -0.1) is 0 Å². The fourth-order valence-corrected chi connectivity index (χ4v) is 10.3. The number of hydrogen-bond donors (Lipinski definition) is 1. The van der Waals surface area contributed by atoms with E-state index in [-0.39, 0.29) is 11.9 Å². The van der Waals surface area contributed by atoms with Gasteiger partial charge in [0.05, 0.1) is 18.8 Å². The van der Waals surface area contributed by atoms with E-state index in [2.05, 4.69) is 27.7 Å². The normalized spacial score (nSPS) is 62.5. The molecule has 0 aromatic heterocycles. The van der Waals surface area contributed by atoms with E-state index >= 15 is 0 Å². The minimum Gasteiger partial charge on any atom is -0.393 e. The minimum atomic E-state index is -0.282. The summed E-state index contributed by atoms with van der Waals surface area (Å²) in [6.07, 6.45) is 12.9. The van der Waals surface area contributed by atoms with Crippen LogP contribution in [0.3, 0.4) is 0 Å². The highest BCUT2D eigenvalue weighted by Crippen LogP contribution is 2.71. The summed E-state index contributed by atoms with van der Waals surface area (Å²) in [4.78, 5) is 0. The van der Waals surface area contributed by atoms with Crippen molar-refractivity contribution < 1.29 is 14.6 Å². The molecule has 4 saturated carbocycles. The summed E-state index contributed by atoms with van der Waals surface area (Å²) in [5, 5.41) is 10.3. The van der Waals surface area contributed by atoms with E-state index in [4.69, 9.17) is 9.47 Å². The molecule has 0 amide bonds. The molecule has 2 saturated heterocycles. The molecule has 1 N–H and O–H groups in total. The van der Waals surface area contributed by atoms with E-state index in [1.165, 1.54) is 44.9 Å². The Bertz CT molecular complexity index is 684.